The van der Waals surface area contributed by atoms with Gasteiger partial charge in [-0.25, -0.2) is 0 Å². The van der Waals surface area contributed by atoms with Crippen molar-refractivity contribution in [1.29, 1.82) is 0 Å². The number of hydrogen-bond acceptors (Lipinski definition) is 8. The number of rotatable bonds is 10. The molecule has 0 aromatic heterocycles. The van der Waals surface area contributed by atoms with Crippen molar-refractivity contribution in [2.24, 2.45) is 0 Å². The van der Waals surface area contributed by atoms with Gasteiger partial charge in [0.15, 0.2) is 11.5 Å². The van der Waals surface area contributed by atoms with E-state index in [1.165, 1.54) is 51.7 Å². The first-order valence-electron chi connectivity index (χ1n) is 10.2. The molecule has 1 saturated heterocycles. The van der Waals surface area contributed by atoms with Crippen LogP contribution in [-0.4, -0.2) is 63.0 Å². The lowest BCUT2D eigenvalue weighted by atomic mass is 10.1. The summed E-state index contributed by atoms with van der Waals surface area (Å²) in [5.74, 6) is -0.0658. The molecule has 2 aromatic carbocycles. The van der Waals surface area contributed by atoms with E-state index in [9.17, 15) is 23.2 Å². The van der Waals surface area contributed by atoms with Gasteiger partial charge in [0, 0.05) is 18.7 Å². The number of hydrogen-bond donors (Lipinski definition) is 1. The number of thioether (sulfide) groups is 1. The monoisotopic (exact) mass is 508 g/mol. The minimum absolute atomic E-state index is 0.0335. The van der Waals surface area contributed by atoms with E-state index in [-0.39, 0.29) is 29.3 Å². The van der Waals surface area contributed by atoms with E-state index in [4.69, 9.17) is 14.2 Å². The van der Waals surface area contributed by atoms with Crippen LogP contribution in [0.3, 0.4) is 0 Å². The fraction of sp³-hybridized carbons (Fsp3) is 0.261. The first-order valence-corrected chi connectivity index (χ1v) is 11.0. The van der Waals surface area contributed by atoms with Crippen molar-refractivity contribution in [3.8, 4) is 23.0 Å². The third kappa shape index (κ3) is 6.21. The van der Waals surface area contributed by atoms with Crippen LogP contribution in [0.2, 0.25) is 0 Å². The van der Waals surface area contributed by atoms with Crippen molar-refractivity contribution in [3.05, 3.63) is 52.4 Å². The molecule has 0 bridgehead atoms. The van der Waals surface area contributed by atoms with Gasteiger partial charge in [0.05, 0.1) is 26.2 Å². The number of amides is 3. The van der Waals surface area contributed by atoms with Crippen molar-refractivity contribution in [2.45, 2.75) is 6.61 Å². The summed E-state index contributed by atoms with van der Waals surface area (Å²) in [5, 5.41) is 2.06. The van der Waals surface area contributed by atoms with Gasteiger partial charge >= 0.3 is 6.61 Å². The third-order valence-electron chi connectivity index (χ3n) is 4.80. The number of halogens is 2. The van der Waals surface area contributed by atoms with E-state index in [2.05, 4.69) is 10.1 Å². The number of benzene rings is 2. The van der Waals surface area contributed by atoms with Gasteiger partial charge in [0.25, 0.3) is 17.1 Å². The van der Waals surface area contributed by atoms with E-state index in [0.717, 1.165) is 16.7 Å². The molecule has 1 aliphatic heterocycles. The summed E-state index contributed by atoms with van der Waals surface area (Å²) in [5.41, 5.74) is 0.656. The normalized spacial score (nSPS) is 14.5. The molecule has 186 valence electrons. The van der Waals surface area contributed by atoms with Crippen molar-refractivity contribution in [1.82, 2.24) is 10.2 Å². The van der Waals surface area contributed by atoms with Crippen LogP contribution in [-0.2, 0) is 4.79 Å². The molecular weight excluding hydrogens is 486 g/mol. The Bertz CT molecular complexity index is 1130. The summed E-state index contributed by atoms with van der Waals surface area (Å²) in [7, 11) is 4.40. The Kier molecular flexibility index (Phi) is 8.53. The molecule has 0 radical (unpaired) electrons. The van der Waals surface area contributed by atoms with Crippen molar-refractivity contribution in [2.75, 3.05) is 34.4 Å². The fourth-order valence-corrected chi connectivity index (χ4v) is 4.09. The highest BCUT2D eigenvalue weighted by molar-refractivity contribution is 8.18. The minimum Gasteiger partial charge on any atom is -0.493 e. The molecule has 0 atom stereocenters. The second-order valence-corrected chi connectivity index (χ2v) is 7.95. The van der Waals surface area contributed by atoms with Gasteiger partial charge in [-0.1, -0.05) is 6.07 Å². The Balaban J connectivity index is 1.65. The zero-order valence-electron chi connectivity index (χ0n) is 19.0. The van der Waals surface area contributed by atoms with E-state index in [1.54, 1.807) is 12.1 Å². The number of alkyl halides is 2. The highest BCUT2D eigenvalue weighted by atomic mass is 32.2. The zero-order chi connectivity index (χ0) is 25.5. The zero-order valence-corrected chi connectivity index (χ0v) is 19.8. The van der Waals surface area contributed by atoms with E-state index >= 15 is 0 Å². The molecule has 0 aliphatic carbocycles. The van der Waals surface area contributed by atoms with Crippen LogP contribution in [0.25, 0.3) is 6.08 Å². The predicted octanol–water partition coefficient (Wildman–Crippen LogP) is 3.78. The number of methoxy groups -OCH3 is 3. The standard InChI is InChI=1S/C23H22F2N2O7S/c1-31-16-9-13(10-17(32-2)19(16)33-3)11-18-21(29)27(23(30)35-18)8-7-26-20(28)14-5-4-6-15(12-14)34-22(24)25/h4-6,9-12,22H,7-8H2,1-3H3,(H,26,28). The molecule has 3 rings (SSSR count). The lowest BCUT2D eigenvalue weighted by Gasteiger charge is -2.14. The minimum atomic E-state index is -3.01. The quantitative estimate of drug-likeness (QED) is 0.484. The SMILES string of the molecule is COc1cc(C=C2SC(=O)N(CCNC(=O)c3cccc(OC(F)F)c3)C2=O)cc(OC)c1OC. The topological polar surface area (TPSA) is 103 Å². The van der Waals surface area contributed by atoms with Gasteiger partial charge in [-0.2, -0.15) is 8.78 Å². The molecule has 9 nitrogen and oxygen atoms in total. The molecule has 12 heteroatoms. The van der Waals surface area contributed by atoms with Gasteiger partial charge in [0.2, 0.25) is 5.75 Å². The molecular formula is C23H22F2N2O7S. The van der Waals surface area contributed by atoms with E-state index in [1.807, 2.05) is 0 Å². The Hall–Kier alpha value is -3.80. The highest BCUT2D eigenvalue weighted by Gasteiger charge is 2.34. The van der Waals surface area contributed by atoms with Gasteiger partial charge in [-0.3, -0.25) is 19.3 Å². The summed E-state index contributed by atoms with van der Waals surface area (Å²) in [6.45, 7) is -3.12. The Morgan fingerprint density at radius 3 is 2.37 bits per heavy atom. The second kappa shape index (κ2) is 11.6. The molecule has 2 aromatic rings. The first-order chi connectivity index (χ1) is 16.8. The number of carbonyl (C=O) groups is 3. The lowest BCUT2D eigenvalue weighted by molar-refractivity contribution is -0.122. The van der Waals surface area contributed by atoms with Gasteiger partial charge in [0.1, 0.15) is 5.75 Å². The second-order valence-electron chi connectivity index (χ2n) is 6.95. The molecule has 0 unspecified atom stereocenters. The largest absolute Gasteiger partial charge is 0.493 e. The van der Waals surface area contributed by atoms with Crippen molar-refractivity contribution in [3.63, 3.8) is 0 Å². The molecule has 0 spiro atoms. The summed E-state index contributed by atoms with van der Waals surface area (Å²) < 4.78 is 44.9. The van der Waals surface area contributed by atoms with Crippen LogP contribution in [0, 0.1) is 0 Å². The number of imide groups is 1. The molecule has 3 amide bonds. The summed E-state index contributed by atoms with van der Waals surface area (Å²) in [6, 6.07) is 8.57. The van der Waals surface area contributed by atoms with E-state index < -0.39 is 23.7 Å². The maximum Gasteiger partial charge on any atom is 0.387 e. The molecule has 1 fully saturated rings. The van der Waals surface area contributed by atoms with Gasteiger partial charge in [-0.05, 0) is 53.7 Å². The van der Waals surface area contributed by atoms with Crippen molar-refractivity contribution >= 4 is 34.9 Å². The highest BCUT2D eigenvalue weighted by Crippen LogP contribution is 2.40. The Morgan fingerprint density at radius 1 is 1.09 bits per heavy atom. The maximum absolute atomic E-state index is 12.8. The number of carbonyl (C=O) groups excluding carboxylic acids is 3. The van der Waals surface area contributed by atoms with Crippen molar-refractivity contribution < 1.29 is 42.1 Å². The molecule has 0 saturated carbocycles. The number of ether oxygens (including phenoxy) is 4. The Labute approximate surface area is 204 Å². The third-order valence-corrected chi connectivity index (χ3v) is 5.71. The van der Waals surface area contributed by atoms with Crippen LogP contribution < -0.4 is 24.3 Å². The molecule has 1 heterocycles. The molecule has 1 aliphatic rings. The van der Waals surface area contributed by atoms with Gasteiger partial charge in [-0.15, -0.1) is 0 Å². The van der Waals surface area contributed by atoms with Crippen LogP contribution in [0.4, 0.5) is 13.6 Å². The lowest BCUT2D eigenvalue weighted by Crippen LogP contribution is -2.37. The molecule has 35 heavy (non-hydrogen) atoms. The van der Waals surface area contributed by atoms with Crippen LogP contribution in [0.1, 0.15) is 15.9 Å². The summed E-state index contributed by atoms with van der Waals surface area (Å²) in [4.78, 5) is 38.7. The fourth-order valence-electron chi connectivity index (χ4n) is 3.23. The summed E-state index contributed by atoms with van der Waals surface area (Å²) >= 11 is 0.762. The van der Waals surface area contributed by atoms with E-state index in [0.29, 0.717) is 22.8 Å². The number of nitrogens with zero attached hydrogens (tertiary/aromatic N) is 1. The predicted molar refractivity (Wildman–Crippen MR) is 124 cm³/mol. The average molecular weight is 508 g/mol. The summed E-state index contributed by atoms with van der Waals surface area (Å²) in [6.07, 6.45) is 1.53. The average Bonchev–Trinajstić information content (AvgIpc) is 3.10. The van der Waals surface area contributed by atoms with Crippen LogP contribution >= 0.6 is 11.8 Å². The Morgan fingerprint density at radius 2 is 1.77 bits per heavy atom. The smallest absolute Gasteiger partial charge is 0.387 e. The van der Waals surface area contributed by atoms with Gasteiger partial charge < -0.3 is 24.3 Å². The maximum atomic E-state index is 12.8. The molecule has 1 N–H and O–H groups in total. The van der Waals surface area contributed by atoms with Crippen LogP contribution in [0.5, 0.6) is 23.0 Å². The van der Waals surface area contributed by atoms with Crippen LogP contribution in [0.15, 0.2) is 41.3 Å². The first kappa shape index (κ1) is 25.8. The number of nitrogens with one attached hydrogen (secondary N) is 1.